The number of nitrogens with two attached hydrogens (primary N) is 2. The van der Waals surface area contributed by atoms with Gasteiger partial charge in [0.2, 0.25) is 10.0 Å². The maximum Gasteiger partial charge on any atom is 0.238 e. The van der Waals surface area contributed by atoms with Crippen molar-refractivity contribution in [1.82, 2.24) is 0 Å². The van der Waals surface area contributed by atoms with E-state index < -0.39 is 10.0 Å². The summed E-state index contributed by atoms with van der Waals surface area (Å²) in [6.45, 7) is 5.33. The van der Waals surface area contributed by atoms with Crippen molar-refractivity contribution in [2.45, 2.75) is 44.0 Å². The van der Waals surface area contributed by atoms with Gasteiger partial charge >= 0.3 is 0 Å². The molecule has 1 aromatic rings. The van der Waals surface area contributed by atoms with Crippen molar-refractivity contribution in [3.8, 4) is 0 Å². The smallest absolute Gasteiger partial charge is 0.238 e. The Kier molecular flexibility index (Phi) is 4.25. The highest BCUT2D eigenvalue weighted by molar-refractivity contribution is 7.89. The fourth-order valence-corrected chi connectivity index (χ4v) is 2.80. The Morgan fingerprint density at radius 3 is 2.45 bits per heavy atom. The van der Waals surface area contributed by atoms with E-state index in [0.717, 1.165) is 18.7 Å². The highest BCUT2D eigenvalue weighted by Crippen LogP contribution is 2.36. The third kappa shape index (κ3) is 3.64. The van der Waals surface area contributed by atoms with Crippen molar-refractivity contribution >= 4 is 21.4 Å². The first-order valence-electron chi connectivity index (χ1n) is 6.98. The molecule has 0 aliphatic heterocycles. The zero-order valence-corrected chi connectivity index (χ0v) is 12.9. The fourth-order valence-electron chi connectivity index (χ4n) is 2.25. The van der Waals surface area contributed by atoms with Crippen molar-refractivity contribution in [3.63, 3.8) is 0 Å². The lowest BCUT2D eigenvalue weighted by Gasteiger charge is -2.27. The molecule has 0 saturated heterocycles. The van der Waals surface area contributed by atoms with Gasteiger partial charge in [0.1, 0.15) is 0 Å². The number of hydrogen-bond donors (Lipinski definition) is 2. The number of hydrogen-bond acceptors (Lipinski definition) is 4. The van der Waals surface area contributed by atoms with Crippen LogP contribution in [0.3, 0.4) is 0 Å². The largest absolute Gasteiger partial charge is 0.397 e. The Balaban J connectivity index is 2.25. The quantitative estimate of drug-likeness (QED) is 0.785. The Morgan fingerprint density at radius 2 is 2.00 bits per heavy atom. The van der Waals surface area contributed by atoms with Crippen LogP contribution >= 0.6 is 0 Å². The van der Waals surface area contributed by atoms with Crippen LogP contribution in [0.4, 0.5) is 11.4 Å². The molecule has 1 aliphatic carbocycles. The highest BCUT2D eigenvalue weighted by atomic mass is 32.2. The average Bonchev–Trinajstić information content (AvgIpc) is 3.13. The van der Waals surface area contributed by atoms with Crippen LogP contribution in [0.25, 0.3) is 0 Å². The van der Waals surface area contributed by atoms with E-state index >= 15 is 0 Å². The first kappa shape index (κ1) is 15.1. The molecule has 1 fully saturated rings. The predicted octanol–water partition coefficient (Wildman–Crippen LogP) is 1.93. The van der Waals surface area contributed by atoms with E-state index in [2.05, 4.69) is 18.7 Å². The number of nitrogen functional groups attached to an aromatic ring is 1. The summed E-state index contributed by atoms with van der Waals surface area (Å²) in [4.78, 5) is 2.36. The second kappa shape index (κ2) is 5.61. The molecule has 20 heavy (non-hydrogen) atoms. The molecule has 0 amide bonds. The molecule has 5 nitrogen and oxygen atoms in total. The molecule has 0 spiro atoms. The second-order valence-electron chi connectivity index (χ2n) is 5.87. The van der Waals surface area contributed by atoms with Crippen LogP contribution in [0.2, 0.25) is 0 Å². The number of rotatable bonds is 6. The van der Waals surface area contributed by atoms with Crippen LogP contribution in [-0.4, -0.2) is 21.0 Å². The Labute approximate surface area is 121 Å². The standard InChI is InChI=1S/C14H23N3O2S/c1-10(2)7-8-17(11-3-4-11)14-6-5-12(9-13(14)15)20(16,18)19/h5-6,9-11H,3-4,7-8,15H2,1-2H3,(H2,16,18,19). The molecule has 4 N–H and O–H groups in total. The summed E-state index contributed by atoms with van der Waals surface area (Å²) >= 11 is 0. The summed E-state index contributed by atoms with van der Waals surface area (Å²) in [7, 11) is -3.70. The van der Waals surface area contributed by atoms with Crippen molar-refractivity contribution in [1.29, 1.82) is 0 Å². The van der Waals surface area contributed by atoms with E-state index in [1.807, 2.05) is 0 Å². The van der Waals surface area contributed by atoms with Crippen LogP contribution in [0, 0.1) is 5.92 Å². The number of benzene rings is 1. The van der Waals surface area contributed by atoms with E-state index in [9.17, 15) is 8.42 Å². The van der Waals surface area contributed by atoms with Crippen LogP contribution in [0.5, 0.6) is 0 Å². The zero-order chi connectivity index (χ0) is 14.9. The van der Waals surface area contributed by atoms with E-state index in [-0.39, 0.29) is 4.90 Å². The van der Waals surface area contributed by atoms with Gasteiger partial charge in [0.25, 0.3) is 0 Å². The summed E-state index contributed by atoms with van der Waals surface area (Å²) in [5, 5.41) is 5.13. The molecular formula is C14H23N3O2S. The molecule has 0 aromatic heterocycles. The molecule has 1 saturated carbocycles. The normalized spacial score (nSPS) is 15.6. The minimum absolute atomic E-state index is 0.0679. The van der Waals surface area contributed by atoms with Crippen molar-refractivity contribution in [3.05, 3.63) is 18.2 Å². The highest BCUT2D eigenvalue weighted by Gasteiger charge is 2.30. The van der Waals surface area contributed by atoms with Crippen molar-refractivity contribution in [2.24, 2.45) is 11.1 Å². The van der Waals surface area contributed by atoms with Gasteiger partial charge in [-0.15, -0.1) is 0 Å². The average molecular weight is 297 g/mol. The lowest BCUT2D eigenvalue weighted by atomic mass is 10.1. The first-order chi connectivity index (χ1) is 9.29. The molecule has 1 aromatic carbocycles. The second-order valence-corrected chi connectivity index (χ2v) is 7.43. The van der Waals surface area contributed by atoms with Crippen LogP contribution in [0.1, 0.15) is 33.1 Å². The molecule has 112 valence electrons. The van der Waals surface area contributed by atoms with E-state index in [4.69, 9.17) is 10.9 Å². The maximum absolute atomic E-state index is 11.3. The van der Waals surface area contributed by atoms with E-state index in [1.54, 1.807) is 6.07 Å². The number of sulfonamides is 1. The SMILES string of the molecule is CC(C)CCN(c1ccc(S(N)(=O)=O)cc1N)C1CC1. The predicted molar refractivity (Wildman–Crippen MR) is 82.1 cm³/mol. The van der Waals surface area contributed by atoms with Gasteiger partial charge in [-0.25, -0.2) is 13.6 Å². The molecule has 0 heterocycles. The fraction of sp³-hybridized carbons (Fsp3) is 0.571. The lowest BCUT2D eigenvalue weighted by Crippen LogP contribution is -2.28. The molecule has 2 rings (SSSR count). The van der Waals surface area contributed by atoms with Gasteiger partial charge in [-0.3, -0.25) is 0 Å². The van der Waals surface area contributed by atoms with Gasteiger partial charge in [-0.1, -0.05) is 13.8 Å². The van der Waals surface area contributed by atoms with Gasteiger partial charge in [0.15, 0.2) is 0 Å². The summed E-state index contributed by atoms with van der Waals surface area (Å²) in [5.41, 5.74) is 7.43. The minimum Gasteiger partial charge on any atom is -0.397 e. The minimum atomic E-state index is -3.70. The molecule has 0 unspecified atom stereocenters. The number of nitrogens with zero attached hydrogens (tertiary/aromatic N) is 1. The summed E-state index contributed by atoms with van der Waals surface area (Å²) < 4.78 is 22.7. The van der Waals surface area contributed by atoms with Crippen LogP contribution in [-0.2, 0) is 10.0 Å². The molecule has 6 heteroatoms. The third-order valence-corrected chi connectivity index (χ3v) is 4.48. The number of anilines is 2. The number of primary sulfonamides is 1. The summed E-state index contributed by atoms with van der Waals surface area (Å²) in [5.74, 6) is 0.626. The van der Waals surface area contributed by atoms with Crippen LogP contribution < -0.4 is 15.8 Å². The van der Waals surface area contributed by atoms with Gasteiger partial charge < -0.3 is 10.6 Å². The molecule has 0 atom stereocenters. The third-order valence-electron chi connectivity index (χ3n) is 3.57. The molecular weight excluding hydrogens is 274 g/mol. The van der Waals surface area contributed by atoms with Gasteiger partial charge in [-0.2, -0.15) is 0 Å². The molecule has 0 bridgehead atoms. The molecule has 1 aliphatic rings. The summed E-state index contributed by atoms with van der Waals surface area (Å²) in [6.07, 6.45) is 3.44. The zero-order valence-electron chi connectivity index (χ0n) is 12.0. The lowest BCUT2D eigenvalue weighted by molar-refractivity contribution is 0.571. The maximum atomic E-state index is 11.3. The van der Waals surface area contributed by atoms with Gasteiger partial charge in [-0.05, 0) is 43.4 Å². The topological polar surface area (TPSA) is 89.4 Å². The van der Waals surface area contributed by atoms with Gasteiger partial charge in [0, 0.05) is 12.6 Å². The van der Waals surface area contributed by atoms with E-state index in [1.165, 1.54) is 25.0 Å². The Morgan fingerprint density at radius 1 is 1.35 bits per heavy atom. The Bertz CT molecular complexity index is 580. The van der Waals surface area contributed by atoms with Crippen LogP contribution in [0.15, 0.2) is 23.1 Å². The Hall–Kier alpha value is -1.27. The molecule has 0 radical (unpaired) electrons. The first-order valence-corrected chi connectivity index (χ1v) is 8.52. The monoisotopic (exact) mass is 297 g/mol. The van der Waals surface area contributed by atoms with Gasteiger partial charge in [0.05, 0.1) is 16.3 Å². The van der Waals surface area contributed by atoms with Crippen molar-refractivity contribution < 1.29 is 8.42 Å². The van der Waals surface area contributed by atoms with Crippen molar-refractivity contribution in [2.75, 3.05) is 17.2 Å². The van der Waals surface area contributed by atoms with E-state index in [0.29, 0.717) is 17.6 Å². The summed E-state index contributed by atoms with van der Waals surface area (Å²) in [6, 6.07) is 5.30.